The van der Waals surface area contributed by atoms with Crippen molar-refractivity contribution in [3.63, 3.8) is 0 Å². The van der Waals surface area contributed by atoms with Crippen LogP contribution in [0.4, 0.5) is 11.4 Å². The number of non-ortho nitro benzene ring substituents is 1. The largest absolute Gasteiger partial charge is 0.506 e. The predicted molar refractivity (Wildman–Crippen MR) is 96.7 cm³/mol. The maximum Gasteiger partial charge on any atom is 0.274 e. The second-order valence-electron chi connectivity index (χ2n) is 4.59. The zero-order valence-electron chi connectivity index (χ0n) is 12.4. The molecule has 2 rings (SSSR count). The normalized spacial score (nSPS) is 11.0. The topological polar surface area (TPSA) is 105 Å². The van der Waals surface area contributed by atoms with Gasteiger partial charge in [-0.15, -0.1) is 0 Å². The van der Waals surface area contributed by atoms with Gasteiger partial charge in [-0.1, -0.05) is 0 Å². The van der Waals surface area contributed by atoms with E-state index in [0.717, 1.165) is 6.07 Å². The third-order valence-electron chi connectivity index (χ3n) is 2.95. The lowest BCUT2D eigenvalue weighted by Gasteiger charge is -2.08. The summed E-state index contributed by atoms with van der Waals surface area (Å²) in [6.07, 6.45) is 1.29. The molecule has 0 bridgehead atoms. The average Bonchev–Trinajstić information content (AvgIpc) is 2.53. The molecule has 0 spiro atoms. The number of nitrogens with zero attached hydrogens (tertiary/aromatic N) is 2. The Morgan fingerprint density at radius 3 is 2.38 bits per heavy atom. The molecule has 0 radical (unpaired) electrons. The standard InChI is InChI=1S/C15H12Br2N2O5/c1-2-24-13-6-10(19(22)23)3-8(14(13)20)7-18-9-4-11(16)15(21)12(17)5-9/h3-7,20-21H,2H2,1H3. The van der Waals surface area contributed by atoms with Crippen molar-refractivity contribution in [2.75, 3.05) is 6.61 Å². The van der Waals surface area contributed by atoms with Crippen molar-refractivity contribution in [2.24, 2.45) is 4.99 Å². The minimum atomic E-state index is -0.576. The molecule has 0 heterocycles. The molecule has 2 aromatic rings. The van der Waals surface area contributed by atoms with Crippen LogP contribution in [0, 0.1) is 10.1 Å². The summed E-state index contributed by atoms with van der Waals surface area (Å²) in [5.41, 5.74) is 0.397. The Balaban J connectivity index is 2.46. The molecule has 0 aliphatic heterocycles. The van der Waals surface area contributed by atoms with Crippen molar-refractivity contribution in [1.29, 1.82) is 0 Å². The van der Waals surface area contributed by atoms with Gasteiger partial charge in [0, 0.05) is 17.8 Å². The highest BCUT2D eigenvalue weighted by Gasteiger charge is 2.16. The molecule has 0 aliphatic carbocycles. The van der Waals surface area contributed by atoms with E-state index in [9.17, 15) is 20.3 Å². The van der Waals surface area contributed by atoms with Crippen molar-refractivity contribution in [3.8, 4) is 17.2 Å². The summed E-state index contributed by atoms with van der Waals surface area (Å²) in [5, 5.41) is 30.8. The van der Waals surface area contributed by atoms with E-state index in [4.69, 9.17) is 4.74 Å². The summed E-state index contributed by atoms with van der Waals surface area (Å²) in [6, 6.07) is 5.48. The second-order valence-corrected chi connectivity index (χ2v) is 6.30. The average molecular weight is 460 g/mol. The van der Waals surface area contributed by atoms with Gasteiger partial charge in [0.25, 0.3) is 5.69 Å². The molecule has 0 fully saturated rings. The van der Waals surface area contributed by atoms with Crippen molar-refractivity contribution in [3.05, 3.63) is 48.9 Å². The summed E-state index contributed by atoms with van der Waals surface area (Å²) < 4.78 is 6.08. The van der Waals surface area contributed by atoms with E-state index in [0.29, 0.717) is 14.6 Å². The highest BCUT2D eigenvalue weighted by atomic mass is 79.9. The van der Waals surface area contributed by atoms with Gasteiger partial charge in [-0.05, 0) is 50.9 Å². The number of nitro benzene ring substituents is 1. The monoisotopic (exact) mass is 458 g/mol. The third-order valence-corrected chi connectivity index (χ3v) is 4.16. The highest BCUT2D eigenvalue weighted by molar-refractivity contribution is 9.11. The van der Waals surface area contributed by atoms with Crippen LogP contribution in [0.2, 0.25) is 0 Å². The zero-order valence-corrected chi connectivity index (χ0v) is 15.5. The summed E-state index contributed by atoms with van der Waals surface area (Å²) >= 11 is 6.38. The molecule has 0 unspecified atom stereocenters. The highest BCUT2D eigenvalue weighted by Crippen LogP contribution is 2.37. The minimum absolute atomic E-state index is 0.0150. The van der Waals surface area contributed by atoms with Gasteiger partial charge in [0.1, 0.15) is 5.75 Å². The smallest absolute Gasteiger partial charge is 0.274 e. The summed E-state index contributed by atoms with van der Waals surface area (Å²) in [6.45, 7) is 1.96. The lowest BCUT2D eigenvalue weighted by atomic mass is 10.1. The van der Waals surface area contributed by atoms with Crippen molar-refractivity contribution in [2.45, 2.75) is 6.92 Å². The Hall–Kier alpha value is -2.13. The third kappa shape index (κ3) is 4.04. The van der Waals surface area contributed by atoms with Gasteiger partial charge in [-0.25, -0.2) is 0 Å². The molecule has 0 amide bonds. The summed E-state index contributed by atoms with van der Waals surface area (Å²) in [4.78, 5) is 14.6. The number of hydrogen-bond acceptors (Lipinski definition) is 6. The number of aromatic hydroxyl groups is 2. The second kappa shape index (κ2) is 7.63. The molecule has 0 atom stereocenters. The number of nitro groups is 1. The fourth-order valence-corrected chi connectivity index (χ4v) is 3.02. The van der Waals surface area contributed by atoms with Crippen molar-refractivity contribution >= 4 is 49.4 Å². The molecule has 126 valence electrons. The number of phenolic OH excluding ortho intramolecular Hbond substituents is 2. The molecule has 0 saturated carbocycles. The summed E-state index contributed by atoms with van der Waals surface area (Å²) in [7, 11) is 0. The van der Waals surface area contributed by atoms with Crippen LogP contribution >= 0.6 is 31.9 Å². The SMILES string of the molecule is CCOc1cc([N+](=O)[O-])cc(C=Nc2cc(Br)c(O)c(Br)c2)c1O. The number of aliphatic imine (C=N–C) groups is 1. The van der Waals surface area contributed by atoms with Crippen LogP contribution in [0.25, 0.3) is 0 Å². The Kier molecular flexibility index (Phi) is 5.79. The zero-order chi connectivity index (χ0) is 17.9. The lowest BCUT2D eigenvalue weighted by molar-refractivity contribution is -0.385. The first-order valence-electron chi connectivity index (χ1n) is 6.69. The van der Waals surface area contributed by atoms with Crippen LogP contribution in [0.5, 0.6) is 17.2 Å². The van der Waals surface area contributed by atoms with Crippen LogP contribution in [0.3, 0.4) is 0 Å². The molecule has 0 saturated heterocycles. The number of hydrogen-bond donors (Lipinski definition) is 2. The quantitative estimate of drug-likeness (QED) is 0.383. The van der Waals surface area contributed by atoms with E-state index < -0.39 is 4.92 Å². The minimum Gasteiger partial charge on any atom is -0.506 e. The first-order chi connectivity index (χ1) is 11.3. The molecule has 2 N–H and O–H groups in total. The van der Waals surface area contributed by atoms with Crippen LogP contribution in [-0.2, 0) is 0 Å². The van der Waals surface area contributed by atoms with Crippen LogP contribution in [-0.4, -0.2) is 28.0 Å². The molecule has 24 heavy (non-hydrogen) atoms. The van der Waals surface area contributed by atoms with Gasteiger partial charge in [0.15, 0.2) is 11.5 Å². The summed E-state index contributed by atoms with van der Waals surface area (Å²) in [5.74, 6) is -0.185. The van der Waals surface area contributed by atoms with Gasteiger partial charge in [-0.2, -0.15) is 0 Å². The number of rotatable bonds is 5. The molecule has 0 aromatic heterocycles. The molecule has 0 aliphatic rings. The fourth-order valence-electron chi connectivity index (χ4n) is 1.85. The Bertz CT molecular complexity index is 801. The van der Waals surface area contributed by atoms with Gasteiger partial charge in [-0.3, -0.25) is 15.1 Å². The lowest BCUT2D eigenvalue weighted by Crippen LogP contribution is -1.97. The number of phenols is 2. The van der Waals surface area contributed by atoms with Gasteiger partial charge in [0.05, 0.1) is 32.2 Å². The Labute approximate surface area is 154 Å². The molecular weight excluding hydrogens is 448 g/mol. The first-order valence-corrected chi connectivity index (χ1v) is 8.28. The van der Waals surface area contributed by atoms with Crippen LogP contribution < -0.4 is 4.74 Å². The fraction of sp³-hybridized carbons (Fsp3) is 0.133. The van der Waals surface area contributed by atoms with Crippen molar-refractivity contribution in [1.82, 2.24) is 0 Å². The number of halogens is 2. The number of benzene rings is 2. The Morgan fingerprint density at radius 1 is 1.21 bits per heavy atom. The number of ether oxygens (including phenoxy) is 1. The van der Waals surface area contributed by atoms with E-state index >= 15 is 0 Å². The van der Waals surface area contributed by atoms with Crippen LogP contribution in [0.15, 0.2) is 38.2 Å². The van der Waals surface area contributed by atoms with Gasteiger partial charge >= 0.3 is 0 Å². The van der Waals surface area contributed by atoms with E-state index in [1.54, 1.807) is 19.1 Å². The first kappa shape index (κ1) is 18.2. The maximum absolute atomic E-state index is 11.0. The van der Waals surface area contributed by atoms with E-state index in [1.165, 1.54) is 12.3 Å². The molecule has 7 nitrogen and oxygen atoms in total. The van der Waals surface area contributed by atoms with E-state index in [-0.39, 0.29) is 35.1 Å². The van der Waals surface area contributed by atoms with Gasteiger partial charge < -0.3 is 14.9 Å². The Morgan fingerprint density at radius 2 is 1.83 bits per heavy atom. The molecular formula is C15H12Br2N2O5. The maximum atomic E-state index is 11.0. The van der Waals surface area contributed by atoms with E-state index in [1.807, 2.05) is 0 Å². The van der Waals surface area contributed by atoms with E-state index in [2.05, 4.69) is 36.9 Å². The predicted octanol–water partition coefficient (Wildman–Crippen LogP) is 4.68. The van der Waals surface area contributed by atoms with Gasteiger partial charge in [0.2, 0.25) is 0 Å². The molecule has 9 heteroatoms. The van der Waals surface area contributed by atoms with Crippen LogP contribution in [0.1, 0.15) is 12.5 Å². The molecule has 2 aromatic carbocycles. The van der Waals surface area contributed by atoms with Crippen molar-refractivity contribution < 1.29 is 19.9 Å².